The van der Waals surface area contributed by atoms with Crippen LogP contribution in [0.25, 0.3) is 0 Å². The fourth-order valence-electron chi connectivity index (χ4n) is 0.279. The first kappa shape index (κ1) is 7.27. The SMILES string of the molecule is CCCOC(C)=NO. The van der Waals surface area contributed by atoms with E-state index in [9.17, 15) is 0 Å². The Morgan fingerprint density at radius 1 is 1.75 bits per heavy atom. The van der Waals surface area contributed by atoms with E-state index in [1.165, 1.54) is 0 Å². The average Bonchev–Trinajstić information content (AvgIpc) is 1.83. The minimum Gasteiger partial charge on any atom is -0.479 e. The Balaban J connectivity index is 3.12. The molecule has 0 spiro atoms. The molecule has 0 amide bonds. The molecule has 1 N–H and O–H groups in total. The molecule has 0 aromatic heterocycles. The zero-order valence-electron chi connectivity index (χ0n) is 5.22. The third kappa shape index (κ3) is 3.46. The molecule has 0 saturated carbocycles. The van der Waals surface area contributed by atoms with E-state index >= 15 is 0 Å². The van der Waals surface area contributed by atoms with Crippen LogP contribution in [0.4, 0.5) is 0 Å². The van der Waals surface area contributed by atoms with E-state index in [0.717, 1.165) is 6.42 Å². The van der Waals surface area contributed by atoms with Crippen molar-refractivity contribution in [1.29, 1.82) is 0 Å². The van der Waals surface area contributed by atoms with E-state index in [2.05, 4.69) is 5.16 Å². The number of nitrogens with zero attached hydrogens (tertiary/aromatic N) is 1. The van der Waals surface area contributed by atoms with Gasteiger partial charge in [-0.2, -0.15) is 0 Å². The molecule has 0 saturated heterocycles. The van der Waals surface area contributed by atoms with E-state index in [0.29, 0.717) is 12.5 Å². The molecule has 0 aromatic rings. The van der Waals surface area contributed by atoms with Crippen molar-refractivity contribution in [2.24, 2.45) is 5.16 Å². The fourth-order valence-corrected chi connectivity index (χ4v) is 0.279. The molecule has 0 aliphatic heterocycles. The van der Waals surface area contributed by atoms with Crippen LogP contribution in [0.15, 0.2) is 5.16 Å². The van der Waals surface area contributed by atoms with Gasteiger partial charge in [0.15, 0.2) is 0 Å². The van der Waals surface area contributed by atoms with Crippen molar-refractivity contribution in [2.75, 3.05) is 6.61 Å². The van der Waals surface area contributed by atoms with Crippen molar-refractivity contribution in [2.45, 2.75) is 20.3 Å². The van der Waals surface area contributed by atoms with E-state index in [1.807, 2.05) is 6.92 Å². The van der Waals surface area contributed by atoms with Gasteiger partial charge in [-0.3, -0.25) is 0 Å². The topological polar surface area (TPSA) is 41.8 Å². The summed E-state index contributed by atoms with van der Waals surface area (Å²) in [5, 5.41) is 10.8. The van der Waals surface area contributed by atoms with E-state index in [-0.39, 0.29) is 0 Å². The van der Waals surface area contributed by atoms with Crippen LogP contribution in [0.2, 0.25) is 0 Å². The molecule has 0 atom stereocenters. The predicted molar refractivity (Wildman–Crippen MR) is 31.1 cm³/mol. The standard InChI is InChI=1S/C5H11NO2/c1-3-4-8-5(2)6-7/h7H,3-4H2,1-2H3. The lowest BCUT2D eigenvalue weighted by atomic mass is 10.5. The summed E-state index contributed by atoms with van der Waals surface area (Å²) in [6, 6.07) is 0. The van der Waals surface area contributed by atoms with E-state index in [4.69, 9.17) is 9.94 Å². The lowest BCUT2D eigenvalue weighted by Gasteiger charge is -1.98. The molecule has 0 bridgehead atoms. The summed E-state index contributed by atoms with van der Waals surface area (Å²) in [5.74, 6) is 0.326. The Labute approximate surface area is 49.0 Å². The van der Waals surface area contributed by atoms with Gasteiger partial charge < -0.3 is 9.94 Å². The van der Waals surface area contributed by atoms with Gasteiger partial charge in [0.2, 0.25) is 5.90 Å². The second kappa shape index (κ2) is 4.43. The lowest BCUT2D eigenvalue weighted by molar-refractivity contribution is 0.253. The molecule has 3 heteroatoms. The summed E-state index contributed by atoms with van der Waals surface area (Å²) < 4.78 is 4.84. The van der Waals surface area contributed by atoms with Crippen LogP contribution in [-0.2, 0) is 4.74 Å². The van der Waals surface area contributed by atoms with Crippen molar-refractivity contribution < 1.29 is 9.94 Å². The Bertz CT molecular complexity index is 80.5. The van der Waals surface area contributed by atoms with Gasteiger partial charge in [0, 0.05) is 6.92 Å². The first-order valence-electron chi connectivity index (χ1n) is 2.62. The van der Waals surface area contributed by atoms with Crippen LogP contribution in [0.5, 0.6) is 0 Å². The van der Waals surface area contributed by atoms with Gasteiger partial charge in [-0.15, -0.1) is 0 Å². The number of ether oxygens (including phenoxy) is 1. The first-order valence-corrected chi connectivity index (χ1v) is 2.62. The van der Waals surface area contributed by atoms with Crippen molar-refractivity contribution in [1.82, 2.24) is 0 Å². The molecule has 0 aliphatic rings. The normalized spacial score (nSPS) is 11.5. The highest BCUT2D eigenvalue weighted by Gasteiger charge is 1.85. The van der Waals surface area contributed by atoms with E-state index in [1.54, 1.807) is 6.92 Å². The Hall–Kier alpha value is -0.730. The maximum absolute atomic E-state index is 8.02. The fraction of sp³-hybridized carbons (Fsp3) is 0.800. The molecule has 0 aliphatic carbocycles. The van der Waals surface area contributed by atoms with Crippen LogP contribution >= 0.6 is 0 Å². The van der Waals surface area contributed by atoms with Gasteiger partial charge in [-0.05, 0) is 6.42 Å². The average molecular weight is 117 g/mol. The minimum atomic E-state index is 0.326. The van der Waals surface area contributed by atoms with Crippen LogP contribution in [-0.4, -0.2) is 17.7 Å². The van der Waals surface area contributed by atoms with Crippen molar-refractivity contribution in [3.05, 3.63) is 0 Å². The lowest BCUT2D eigenvalue weighted by Crippen LogP contribution is -1.99. The van der Waals surface area contributed by atoms with Crippen molar-refractivity contribution >= 4 is 5.90 Å². The maximum atomic E-state index is 8.02. The van der Waals surface area contributed by atoms with Gasteiger partial charge in [0.05, 0.1) is 6.61 Å². The molecule has 0 unspecified atom stereocenters. The van der Waals surface area contributed by atoms with Crippen LogP contribution in [0, 0.1) is 0 Å². The summed E-state index contributed by atoms with van der Waals surface area (Å²) >= 11 is 0. The molecule has 48 valence electrons. The summed E-state index contributed by atoms with van der Waals surface area (Å²) in [6.07, 6.45) is 0.937. The van der Waals surface area contributed by atoms with E-state index < -0.39 is 0 Å². The van der Waals surface area contributed by atoms with Gasteiger partial charge in [-0.1, -0.05) is 12.1 Å². The molecule has 0 radical (unpaired) electrons. The largest absolute Gasteiger partial charge is 0.479 e. The van der Waals surface area contributed by atoms with Crippen LogP contribution in [0.1, 0.15) is 20.3 Å². The Morgan fingerprint density at radius 2 is 2.38 bits per heavy atom. The number of rotatable bonds is 2. The highest BCUT2D eigenvalue weighted by Crippen LogP contribution is 1.81. The van der Waals surface area contributed by atoms with Gasteiger partial charge in [0.1, 0.15) is 0 Å². The smallest absolute Gasteiger partial charge is 0.222 e. The summed E-state index contributed by atoms with van der Waals surface area (Å²) in [4.78, 5) is 0. The first-order chi connectivity index (χ1) is 3.81. The summed E-state index contributed by atoms with van der Waals surface area (Å²) in [6.45, 7) is 4.22. The molecular weight excluding hydrogens is 106 g/mol. The highest BCUT2D eigenvalue weighted by atomic mass is 16.5. The maximum Gasteiger partial charge on any atom is 0.222 e. The molecule has 0 heterocycles. The molecule has 8 heavy (non-hydrogen) atoms. The monoisotopic (exact) mass is 117 g/mol. The zero-order valence-corrected chi connectivity index (χ0v) is 5.22. The second-order valence-corrected chi connectivity index (χ2v) is 1.47. The third-order valence-corrected chi connectivity index (χ3v) is 0.656. The summed E-state index contributed by atoms with van der Waals surface area (Å²) in [7, 11) is 0. The number of oxime groups is 1. The molecule has 3 nitrogen and oxygen atoms in total. The molecule has 0 fully saturated rings. The molecular formula is C5H11NO2. The molecule has 0 aromatic carbocycles. The second-order valence-electron chi connectivity index (χ2n) is 1.47. The van der Waals surface area contributed by atoms with Crippen LogP contribution < -0.4 is 0 Å². The summed E-state index contributed by atoms with van der Waals surface area (Å²) in [5.41, 5.74) is 0. The van der Waals surface area contributed by atoms with Gasteiger partial charge in [-0.25, -0.2) is 0 Å². The number of hydrogen-bond acceptors (Lipinski definition) is 3. The minimum absolute atomic E-state index is 0.326. The molecule has 0 rings (SSSR count). The van der Waals surface area contributed by atoms with Gasteiger partial charge >= 0.3 is 0 Å². The third-order valence-electron chi connectivity index (χ3n) is 0.656. The van der Waals surface area contributed by atoms with Crippen molar-refractivity contribution in [3.63, 3.8) is 0 Å². The highest BCUT2D eigenvalue weighted by molar-refractivity contribution is 5.72. The Morgan fingerprint density at radius 3 is 2.75 bits per heavy atom. The quantitative estimate of drug-likeness (QED) is 0.256. The Kier molecular flexibility index (Phi) is 4.03. The predicted octanol–water partition coefficient (Wildman–Crippen LogP) is 1.22. The zero-order chi connectivity index (χ0) is 6.41. The van der Waals surface area contributed by atoms with Crippen molar-refractivity contribution in [3.8, 4) is 0 Å². The van der Waals surface area contributed by atoms with Gasteiger partial charge in [0.25, 0.3) is 0 Å². The van der Waals surface area contributed by atoms with Crippen LogP contribution in [0.3, 0.4) is 0 Å². The number of hydrogen-bond donors (Lipinski definition) is 1.